The Hall–Kier alpha value is -2.78. The largest absolute Gasteiger partial charge is 0.507 e. The molecule has 0 aromatic heterocycles. The van der Waals surface area contributed by atoms with E-state index in [0.29, 0.717) is 11.4 Å². The van der Waals surface area contributed by atoms with Crippen LogP contribution in [0.1, 0.15) is 28.8 Å². The number of aromatic carboxylic acids is 1. The van der Waals surface area contributed by atoms with E-state index in [-0.39, 0.29) is 11.3 Å². The Morgan fingerprint density at radius 3 is 2.04 bits per heavy atom. The average molecular weight is 348 g/mol. The Kier molecular flexibility index (Phi) is 6.15. The number of hydrogen-bond acceptors (Lipinski definition) is 4. The van der Waals surface area contributed by atoms with Crippen LogP contribution in [0.5, 0.6) is 5.75 Å². The molecule has 1 aromatic rings. The summed E-state index contributed by atoms with van der Waals surface area (Å²) in [5.74, 6) is -3.88. The predicted octanol–water partition coefficient (Wildman–Crippen LogP) is 2.14. The van der Waals surface area contributed by atoms with E-state index in [1.165, 1.54) is 12.1 Å². The molecule has 0 unspecified atom stereocenters. The molecule has 4 N–H and O–H groups in total. The van der Waals surface area contributed by atoms with Crippen LogP contribution in [-0.2, 0) is 4.79 Å². The Bertz CT molecular complexity index is 640. The average Bonchev–Trinajstić information content (AvgIpc) is 3.00. The molecule has 0 radical (unpaired) electrons. The van der Waals surface area contributed by atoms with Gasteiger partial charge in [-0.3, -0.25) is 5.41 Å². The normalized spacial score (nSPS) is 13.9. The summed E-state index contributed by atoms with van der Waals surface area (Å²) in [5, 5.41) is 33.4. The van der Waals surface area contributed by atoms with E-state index < -0.39 is 18.1 Å². The smallest absolute Gasteiger partial charge is 0.490 e. The predicted molar refractivity (Wildman–Crippen MR) is 76.4 cm³/mol. The van der Waals surface area contributed by atoms with Crippen LogP contribution in [0.4, 0.5) is 13.2 Å². The van der Waals surface area contributed by atoms with Crippen LogP contribution in [0.15, 0.2) is 18.2 Å². The molecule has 1 aliphatic heterocycles. The number of halogens is 3. The van der Waals surface area contributed by atoms with Crippen LogP contribution >= 0.6 is 0 Å². The summed E-state index contributed by atoms with van der Waals surface area (Å²) in [7, 11) is 0. The molecule has 0 spiro atoms. The molecule has 0 saturated carbocycles. The van der Waals surface area contributed by atoms with Gasteiger partial charge in [-0.2, -0.15) is 13.2 Å². The lowest BCUT2D eigenvalue weighted by atomic mass is 10.1. The van der Waals surface area contributed by atoms with Crippen molar-refractivity contribution in [3.63, 3.8) is 0 Å². The third-order valence-electron chi connectivity index (χ3n) is 3.17. The number of nitrogens with one attached hydrogen (secondary N) is 1. The van der Waals surface area contributed by atoms with E-state index in [9.17, 15) is 23.1 Å². The van der Waals surface area contributed by atoms with Gasteiger partial charge in [0, 0.05) is 18.7 Å². The van der Waals surface area contributed by atoms with Crippen molar-refractivity contribution in [1.29, 1.82) is 5.41 Å². The Morgan fingerprint density at radius 1 is 1.12 bits per heavy atom. The second-order valence-corrected chi connectivity index (χ2v) is 4.88. The first-order chi connectivity index (χ1) is 11.0. The SMILES string of the molecule is N=C(c1ccc(O)c(C(=O)O)c1)N1CCCC1.O=C(O)C(F)(F)F. The van der Waals surface area contributed by atoms with Crippen LogP contribution < -0.4 is 0 Å². The van der Waals surface area contributed by atoms with Crippen molar-refractivity contribution >= 4 is 17.8 Å². The molecular formula is C14H15F3N2O5. The standard InChI is InChI=1S/C12H14N2O3.C2HF3O2/c13-11(14-5-1-2-6-14)8-3-4-10(15)9(7-8)12(16)17;3-2(4,5)1(6)7/h3-4,7,13,15H,1-2,5-6H2,(H,16,17);(H,6,7). The van der Waals surface area contributed by atoms with Gasteiger partial charge in [0.15, 0.2) is 0 Å². The maximum absolute atomic E-state index is 10.9. The molecule has 2 rings (SSSR count). The number of phenols is 1. The highest BCUT2D eigenvalue weighted by Crippen LogP contribution is 2.20. The molecule has 132 valence electrons. The summed E-state index contributed by atoms with van der Waals surface area (Å²) >= 11 is 0. The number of amidine groups is 1. The summed E-state index contributed by atoms with van der Waals surface area (Å²) < 4.78 is 31.7. The van der Waals surface area contributed by atoms with Crippen molar-refractivity contribution in [3.8, 4) is 5.75 Å². The highest BCUT2D eigenvalue weighted by molar-refractivity contribution is 6.00. The molecule has 0 atom stereocenters. The molecule has 0 bridgehead atoms. The van der Waals surface area contributed by atoms with Gasteiger partial charge in [0.1, 0.15) is 17.1 Å². The van der Waals surface area contributed by atoms with Gasteiger partial charge in [0.25, 0.3) is 0 Å². The van der Waals surface area contributed by atoms with Crippen LogP contribution in [-0.4, -0.2) is 57.3 Å². The number of rotatable bonds is 2. The van der Waals surface area contributed by atoms with E-state index in [1.807, 2.05) is 4.90 Å². The summed E-state index contributed by atoms with van der Waals surface area (Å²) in [5.41, 5.74) is 0.369. The summed E-state index contributed by atoms with van der Waals surface area (Å²) in [6.45, 7) is 1.67. The number of carbonyl (C=O) groups is 2. The number of carboxylic acid groups (broad SMARTS) is 2. The lowest BCUT2D eigenvalue weighted by Crippen LogP contribution is -2.27. The molecule has 1 saturated heterocycles. The minimum atomic E-state index is -5.08. The van der Waals surface area contributed by atoms with E-state index in [4.69, 9.17) is 20.4 Å². The molecule has 24 heavy (non-hydrogen) atoms. The van der Waals surface area contributed by atoms with Crippen molar-refractivity contribution in [3.05, 3.63) is 29.3 Å². The molecule has 1 aliphatic rings. The Labute approximate surface area is 134 Å². The first-order valence-electron chi connectivity index (χ1n) is 6.74. The van der Waals surface area contributed by atoms with Gasteiger partial charge in [-0.15, -0.1) is 0 Å². The van der Waals surface area contributed by atoms with Crippen LogP contribution in [0.3, 0.4) is 0 Å². The van der Waals surface area contributed by atoms with E-state index in [0.717, 1.165) is 25.9 Å². The summed E-state index contributed by atoms with van der Waals surface area (Å²) in [6, 6.07) is 4.24. The van der Waals surface area contributed by atoms with Crippen molar-refractivity contribution in [1.82, 2.24) is 4.90 Å². The Morgan fingerprint density at radius 2 is 1.62 bits per heavy atom. The van der Waals surface area contributed by atoms with Crippen molar-refractivity contribution in [2.75, 3.05) is 13.1 Å². The second-order valence-electron chi connectivity index (χ2n) is 4.88. The first-order valence-corrected chi connectivity index (χ1v) is 6.74. The van der Waals surface area contributed by atoms with Crippen molar-refractivity contribution in [2.24, 2.45) is 0 Å². The summed E-state index contributed by atoms with van der Waals surface area (Å²) in [6.07, 6.45) is -2.96. The van der Waals surface area contributed by atoms with Crippen LogP contribution in [0.2, 0.25) is 0 Å². The van der Waals surface area contributed by atoms with Gasteiger partial charge < -0.3 is 20.2 Å². The number of hydrogen-bond donors (Lipinski definition) is 4. The minimum absolute atomic E-state index is 0.161. The number of benzene rings is 1. The number of nitrogens with zero attached hydrogens (tertiary/aromatic N) is 1. The highest BCUT2D eigenvalue weighted by atomic mass is 19.4. The molecule has 1 aromatic carbocycles. The molecule has 0 amide bonds. The molecule has 7 nitrogen and oxygen atoms in total. The second kappa shape index (κ2) is 7.66. The zero-order chi connectivity index (χ0) is 18.5. The number of carboxylic acids is 2. The maximum Gasteiger partial charge on any atom is 0.490 e. The lowest BCUT2D eigenvalue weighted by Gasteiger charge is -2.18. The van der Waals surface area contributed by atoms with E-state index in [2.05, 4.69) is 0 Å². The van der Waals surface area contributed by atoms with Crippen LogP contribution in [0.25, 0.3) is 0 Å². The van der Waals surface area contributed by atoms with E-state index >= 15 is 0 Å². The number of aliphatic carboxylic acids is 1. The van der Waals surface area contributed by atoms with Crippen molar-refractivity contribution < 1.29 is 38.1 Å². The van der Waals surface area contributed by atoms with Gasteiger partial charge in [0.05, 0.1) is 0 Å². The van der Waals surface area contributed by atoms with Crippen LogP contribution in [0, 0.1) is 5.41 Å². The molecule has 1 fully saturated rings. The van der Waals surface area contributed by atoms with Gasteiger partial charge >= 0.3 is 18.1 Å². The fourth-order valence-electron chi connectivity index (χ4n) is 1.98. The highest BCUT2D eigenvalue weighted by Gasteiger charge is 2.38. The van der Waals surface area contributed by atoms with Gasteiger partial charge in [-0.05, 0) is 31.0 Å². The fraction of sp³-hybridized carbons (Fsp3) is 0.357. The van der Waals surface area contributed by atoms with Crippen molar-refractivity contribution in [2.45, 2.75) is 19.0 Å². The monoisotopic (exact) mass is 348 g/mol. The van der Waals surface area contributed by atoms with Gasteiger partial charge in [-0.1, -0.05) is 0 Å². The topological polar surface area (TPSA) is 122 Å². The number of aromatic hydroxyl groups is 1. The molecule has 0 aliphatic carbocycles. The lowest BCUT2D eigenvalue weighted by molar-refractivity contribution is -0.192. The maximum atomic E-state index is 10.9. The Balaban J connectivity index is 0.000000351. The molecule has 1 heterocycles. The first kappa shape index (κ1) is 19.3. The zero-order valence-corrected chi connectivity index (χ0v) is 12.3. The van der Waals surface area contributed by atoms with Gasteiger partial charge in [-0.25, -0.2) is 9.59 Å². The quantitative estimate of drug-likeness (QED) is 0.480. The summed E-state index contributed by atoms with van der Waals surface area (Å²) in [4.78, 5) is 21.7. The third-order valence-corrected chi connectivity index (χ3v) is 3.17. The number of likely N-dealkylation sites (tertiary alicyclic amines) is 1. The molecule has 10 heteroatoms. The third kappa shape index (κ3) is 5.14. The van der Waals surface area contributed by atoms with Gasteiger partial charge in [0.2, 0.25) is 0 Å². The van der Waals surface area contributed by atoms with E-state index in [1.54, 1.807) is 6.07 Å². The fourth-order valence-corrected chi connectivity index (χ4v) is 1.98. The zero-order valence-electron chi connectivity index (χ0n) is 12.3. The molecular weight excluding hydrogens is 333 g/mol. The minimum Gasteiger partial charge on any atom is -0.507 e. The number of alkyl halides is 3.